The normalized spacial score (nSPS) is 17.8. The second kappa shape index (κ2) is 12.3. The molecule has 0 aromatic heterocycles. The van der Waals surface area contributed by atoms with E-state index in [2.05, 4.69) is 11.7 Å². The minimum Gasteiger partial charge on any atom is -0.454 e. The Morgan fingerprint density at radius 3 is 2.06 bits per heavy atom. The van der Waals surface area contributed by atoms with E-state index in [0.29, 0.717) is 23.5 Å². The quantitative estimate of drug-likeness (QED) is 0.258. The molecule has 1 fully saturated rings. The van der Waals surface area contributed by atoms with E-state index in [4.69, 9.17) is 4.74 Å². The van der Waals surface area contributed by atoms with Gasteiger partial charge in [0.2, 0.25) is 0 Å². The fraction of sp³-hybridized carbons (Fsp3) is 0.400. The van der Waals surface area contributed by atoms with Crippen molar-refractivity contribution in [3.05, 3.63) is 77.9 Å². The summed E-state index contributed by atoms with van der Waals surface area (Å²) in [5.41, 5.74) is 0.934. The number of halogens is 4. The smallest absolute Gasteiger partial charge is 0.387 e. The third-order valence-corrected chi connectivity index (χ3v) is 7.09. The summed E-state index contributed by atoms with van der Waals surface area (Å²) in [6.07, 6.45) is 8.08. The molecule has 0 spiro atoms. The van der Waals surface area contributed by atoms with Crippen molar-refractivity contribution in [2.45, 2.75) is 64.9 Å². The van der Waals surface area contributed by atoms with Gasteiger partial charge in [-0.25, -0.2) is 8.78 Å². The molecule has 1 aliphatic carbocycles. The largest absolute Gasteiger partial charge is 0.454 e. The average molecular weight is 501 g/mol. The standard InChI is InChI=1S/C30H32F4O2/c1-2-6-20-9-11-21(12-10-20)13-18-25-27(31)19-26(22-7-4-3-5-8-22)29(28(25)32)35-23-14-16-24(17-15-23)36-30(33)34/h3-5,7-8,14-17,19-21,30H,2,6,9-13,18H2,1H3/t20-,21-. The monoisotopic (exact) mass is 500 g/mol. The summed E-state index contributed by atoms with van der Waals surface area (Å²) in [7, 11) is 0. The van der Waals surface area contributed by atoms with Crippen LogP contribution in [-0.2, 0) is 6.42 Å². The molecule has 1 aliphatic rings. The average Bonchev–Trinajstić information content (AvgIpc) is 2.88. The molecular weight excluding hydrogens is 468 g/mol. The molecule has 0 atom stereocenters. The van der Waals surface area contributed by atoms with E-state index < -0.39 is 18.2 Å². The van der Waals surface area contributed by atoms with Gasteiger partial charge < -0.3 is 9.47 Å². The SMILES string of the molecule is CCC[C@H]1CC[C@H](CCc2c(F)cc(-c3ccccc3)c(Oc3ccc(OC(F)F)cc3)c2F)CC1. The van der Waals surface area contributed by atoms with Crippen molar-refractivity contribution >= 4 is 0 Å². The predicted molar refractivity (Wildman–Crippen MR) is 134 cm³/mol. The molecular formula is C30H32F4O2. The van der Waals surface area contributed by atoms with Crippen LogP contribution in [0.5, 0.6) is 17.2 Å². The highest BCUT2D eigenvalue weighted by molar-refractivity contribution is 5.72. The Hall–Kier alpha value is -3.02. The first kappa shape index (κ1) is 26.1. The fourth-order valence-electron chi connectivity index (χ4n) is 5.17. The Bertz CT molecular complexity index is 1110. The van der Waals surface area contributed by atoms with Gasteiger partial charge in [-0.05, 0) is 60.6 Å². The summed E-state index contributed by atoms with van der Waals surface area (Å²) in [5, 5.41) is 0. The van der Waals surface area contributed by atoms with E-state index in [9.17, 15) is 8.78 Å². The van der Waals surface area contributed by atoms with Gasteiger partial charge in [-0.2, -0.15) is 8.78 Å². The molecule has 0 amide bonds. The van der Waals surface area contributed by atoms with E-state index in [0.717, 1.165) is 25.2 Å². The molecule has 36 heavy (non-hydrogen) atoms. The van der Waals surface area contributed by atoms with Crippen molar-refractivity contribution in [1.82, 2.24) is 0 Å². The molecule has 0 aliphatic heterocycles. The summed E-state index contributed by atoms with van der Waals surface area (Å²) < 4.78 is 66.3. The van der Waals surface area contributed by atoms with Crippen LogP contribution in [0.3, 0.4) is 0 Å². The van der Waals surface area contributed by atoms with Crippen LogP contribution in [-0.4, -0.2) is 6.61 Å². The molecule has 0 unspecified atom stereocenters. The zero-order chi connectivity index (χ0) is 25.5. The van der Waals surface area contributed by atoms with Crippen molar-refractivity contribution in [3.8, 4) is 28.4 Å². The lowest BCUT2D eigenvalue weighted by Crippen LogP contribution is -2.15. The zero-order valence-electron chi connectivity index (χ0n) is 20.5. The molecule has 3 aromatic carbocycles. The van der Waals surface area contributed by atoms with Crippen LogP contribution in [0.4, 0.5) is 17.6 Å². The highest BCUT2D eigenvalue weighted by Crippen LogP contribution is 2.40. The summed E-state index contributed by atoms with van der Waals surface area (Å²) in [6.45, 7) is -0.734. The zero-order valence-corrected chi connectivity index (χ0v) is 20.5. The number of hydrogen-bond donors (Lipinski definition) is 0. The first-order valence-corrected chi connectivity index (χ1v) is 12.7. The lowest BCUT2D eigenvalue weighted by molar-refractivity contribution is -0.0498. The summed E-state index contributed by atoms with van der Waals surface area (Å²) in [5.74, 6) is 0.0705. The van der Waals surface area contributed by atoms with Gasteiger partial charge in [0, 0.05) is 11.1 Å². The third-order valence-electron chi connectivity index (χ3n) is 7.09. The van der Waals surface area contributed by atoms with E-state index in [1.807, 2.05) is 6.07 Å². The van der Waals surface area contributed by atoms with Gasteiger partial charge in [0.05, 0.1) is 0 Å². The number of benzene rings is 3. The van der Waals surface area contributed by atoms with Crippen LogP contribution in [0.25, 0.3) is 11.1 Å². The minimum atomic E-state index is -2.94. The van der Waals surface area contributed by atoms with Crippen LogP contribution in [0.15, 0.2) is 60.7 Å². The maximum Gasteiger partial charge on any atom is 0.387 e. The first-order chi connectivity index (χ1) is 17.4. The Morgan fingerprint density at radius 1 is 0.833 bits per heavy atom. The van der Waals surface area contributed by atoms with Gasteiger partial charge in [-0.1, -0.05) is 75.8 Å². The molecule has 2 nitrogen and oxygen atoms in total. The Balaban J connectivity index is 1.58. The lowest BCUT2D eigenvalue weighted by Gasteiger charge is -2.28. The Labute approximate surface area is 210 Å². The van der Waals surface area contributed by atoms with E-state index in [-0.39, 0.29) is 22.8 Å². The van der Waals surface area contributed by atoms with Crippen molar-refractivity contribution in [3.63, 3.8) is 0 Å². The summed E-state index contributed by atoms with van der Waals surface area (Å²) >= 11 is 0. The van der Waals surface area contributed by atoms with Gasteiger partial charge in [-0.3, -0.25) is 0 Å². The van der Waals surface area contributed by atoms with Crippen molar-refractivity contribution in [2.24, 2.45) is 11.8 Å². The van der Waals surface area contributed by atoms with E-state index in [1.165, 1.54) is 56.0 Å². The van der Waals surface area contributed by atoms with Gasteiger partial charge >= 0.3 is 6.61 Å². The fourth-order valence-corrected chi connectivity index (χ4v) is 5.17. The van der Waals surface area contributed by atoms with E-state index >= 15 is 8.78 Å². The second-order valence-corrected chi connectivity index (χ2v) is 9.56. The van der Waals surface area contributed by atoms with Crippen LogP contribution in [0.1, 0.15) is 57.4 Å². The van der Waals surface area contributed by atoms with Crippen LogP contribution in [0.2, 0.25) is 0 Å². The van der Waals surface area contributed by atoms with Crippen molar-refractivity contribution in [1.29, 1.82) is 0 Å². The maximum absolute atomic E-state index is 15.8. The van der Waals surface area contributed by atoms with Crippen LogP contribution >= 0.6 is 0 Å². The Morgan fingerprint density at radius 2 is 1.44 bits per heavy atom. The molecule has 0 saturated heterocycles. The van der Waals surface area contributed by atoms with Crippen molar-refractivity contribution in [2.75, 3.05) is 0 Å². The van der Waals surface area contributed by atoms with Gasteiger partial charge in [-0.15, -0.1) is 0 Å². The first-order valence-electron chi connectivity index (χ1n) is 12.7. The molecule has 6 heteroatoms. The molecule has 3 aromatic rings. The predicted octanol–water partition coefficient (Wildman–Crippen LogP) is 9.56. The maximum atomic E-state index is 15.8. The minimum absolute atomic E-state index is 0.0259. The number of rotatable bonds is 10. The second-order valence-electron chi connectivity index (χ2n) is 9.56. The van der Waals surface area contributed by atoms with Gasteiger partial charge in [0.15, 0.2) is 11.6 Å². The van der Waals surface area contributed by atoms with Crippen LogP contribution in [0, 0.1) is 23.5 Å². The number of ether oxygens (including phenoxy) is 2. The number of hydrogen-bond acceptors (Lipinski definition) is 2. The summed E-state index contributed by atoms with van der Waals surface area (Å²) in [4.78, 5) is 0. The molecule has 0 N–H and O–H groups in total. The van der Waals surface area contributed by atoms with Crippen molar-refractivity contribution < 1.29 is 27.0 Å². The third kappa shape index (κ3) is 6.59. The molecule has 4 rings (SSSR count). The van der Waals surface area contributed by atoms with Crippen LogP contribution < -0.4 is 9.47 Å². The molecule has 192 valence electrons. The Kier molecular flexibility index (Phi) is 8.89. The number of alkyl halides is 2. The van der Waals surface area contributed by atoms with E-state index in [1.54, 1.807) is 24.3 Å². The van der Waals surface area contributed by atoms with Gasteiger partial charge in [0.25, 0.3) is 0 Å². The summed E-state index contributed by atoms with van der Waals surface area (Å²) in [6, 6.07) is 15.7. The molecule has 1 saturated carbocycles. The highest BCUT2D eigenvalue weighted by Gasteiger charge is 2.25. The molecule has 0 heterocycles. The van der Waals surface area contributed by atoms with Gasteiger partial charge in [0.1, 0.15) is 17.3 Å². The lowest BCUT2D eigenvalue weighted by atomic mass is 9.78. The molecule has 0 bridgehead atoms. The highest BCUT2D eigenvalue weighted by atomic mass is 19.3. The topological polar surface area (TPSA) is 18.5 Å². The molecule has 0 radical (unpaired) electrons.